The second-order valence-corrected chi connectivity index (χ2v) is 6.77. The van der Waals surface area contributed by atoms with Crippen LogP contribution >= 0.6 is 11.8 Å². The highest BCUT2D eigenvalue weighted by atomic mass is 32.2. The lowest BCUT2D eigenvalue weighted by atomic mass is 10.0. The smallest absolute Gasteiger partial charge is 0.171 e. The zero-order valence-corrected chi connectivity index (χ0v) is 15.3. The van der Waals surface area contributed by atoms with Crippen molar-refractivity contribution in [3.63, 3.8) is 0 Å². The average molecular weight is 380 g/mol. The summed E-state index contributed by atoms with van der Waals surface area (Å²) in [6.07, 6.45) is 5.87. The minimum Gasteiger partial charge on any atom is -0.312 e. The molecule has 0 aliphatic heterocycles. The Morgan fingerprint density at radius 2 is 2.15 bits per heavy atom. The molecule has 0 saturated carbocycles. The molecule has 1 aromatic carbocycles. The Kier molecular flexibility index (Phi) is 5.56. The van der Waals surface area contributed by atoms with Gasteiger partial charge in [0.25, 0.3) is 0 Å². The van der Waals surface area contributed by atoms with Gasteiger partial charge < -0.3 is 5.41 Å². The highest BCUT2D eigenvalue weighted by Crippen LogP contribution is 2.24. The van der Waals surface area contributed by atoms with E-state index in [-0.39, 0.29) is 5.17 Å². The van der Waals surface area contributed by atoms with Crippen LogP contribution in [0.25, 0.3) is 10.9 Å². The van der Waals surface area contributed by atoms with E-state index in [2.05, 4.69) is 9.98 Å². The highest BCUT2D eigenvalue weighted by Gasteiger charge is 2.14. The third-order valence-corrected chi connectivity index (χ3v) is 4.80. The topological polar surface area (TPSA) is 102 Å². The quantitative estimate of drug-likeness (QED) is 0.365. The van der Waals surface area contributed by atoms with Crippen molar-refractivity contribution in [3.8, 4) is 0 Å². The number of halogens is 1. The Morgan fingerprint density at radius 1 is 1.33 bits per heavy atom. The van der Waals surface area contributed by atoms with Crippen LogP contribution in [0.3, 0.4) is 0 Å². The van der Waals surface area contributed by atoms with Gasteiger partial charge in [0.2, 0.25) is 0 Å². The molecule has 0 fully saturated rings. The van der Waals surface area contributed by atoms with E-state index >= 15 is 0 Å². The number of hydrogen-bond donors (Lipinski definition) is 3. The van der Waals surface area contributed by atoms with Gasteiger partial charge in [-0.3, -0.25) is 25.4 Å². The fourth-order valence-corrected chi connectivity index (χ4v) is 3.37. The van der Waals surface area contributed by atoms with E-state index < -0.39 is 17.2 Å². The van der Waals surface area contributed by atoms with E-state index in [1.54, 1.807) is 13.2 Å². The largest absolute Gasteiger partial charge is 0.312 e. The SMILES string of the molecule is CN=CC(C=N)c1cc(F)c(=N)n(C(=N)Sc2ccc3ncccc3c2)c1. The average Bonchev–Trinajstić information content (AvgIpc) is 2.68. The molecule has 0 saturated heterocycles. The summed E-state index contributed by atoms with van der Waals surface area (Å²) in [6.45, 7) is 0. The summed E-state index contributed by atoms with van der Waals surface area (Å²) in [6, 6.07) is 10.6. The predicted molar refractivity (Wildman–Crippen MR) is 107 cm³/mol. The van der Waals surface area contributed by atoms with E-state index in [0.29, 0.717) is 5.56 Å². The van der Waals surface area contributed by atoms with Crippen molar-refractivity contribution >= 4 is 40.3 Å². The first-order valence-corrected chi connectivity index (χ1v) is 8.86. The molecule has 27 heavy (non-hydrogen) atoms. The fourth-order valence-electron chi connectivity index (χ4n) is 2.59. The van der Waals surface area contributed by atoms with Crippen molar-refractivity contribution in [3.05, 3.63) is 65.7 Å². The van der Waals surface area contributed by atoms with Gasteiger partial charge >= 0.3 is 0 Å². The first-order valence-electron chi connectivity index (χ1n) is 8.04. The van der Waals surface area contributed by atoms with E-state index in [9.17, 15) is 4.39 Å². The molecule has 6 nitrogen and oxygen atoms in total. The standard InChI is InChI=1S/C19H17FN6S/c1-24-10-14(9-21)13-8-16(20)18(22)26(11-13)19(23)27-15-4-5-17-12(7-15)3-2-6-25-17/h2-11,14,21-23H,1H3. The number of aliphatic imine (C=N–C) groups is 1. The van der Waals surface area contributed by atoms with E-state index in [1.165, 1.54) is 23.0 Å². The molecule has 2 heterocycles. The Labute approximate surface area is 159 Å². The van der Waals surface area contributed by atoms with Crippen LogP contribution in [0.4, 0.5) is 4.39 Å². The summed E-state index contributed by atoms with van der Waals surface area (Å²) < 4.78 is 15.4. The van der Waals surface area contributed by atoms with Crippen LogP contribution in [0.15, 0.2) is 58.7 Å². The molecule has 0 aliphatic rings. The van der Waals surface area contributed by atoms with Crippen LogP contribution in [0.2, 0.25) is 0 Å². The first-order chi connectivity index (χ1) is 13.0. The number of rotatable bonds is 4. The zero-order valence-electron chi connectivity index (χ0n) is 14.5. The van der Waals surface area contributed by atoms with Gasteiger partial charge in [0, 0.05) is 42.2 Å². The molecule has 1 unspecified atom stereocenters. The molecular formula is C19H17FN6S. The molecule has 1 atom stereocenters. The molecule has 3 N–H and O–H groups in total. The number of nitrogens with one attached hydrogen (secondary N) is 3. The molecule has 0 radical (unpaired) electrons. The molecule has 8 heteroatoms. The van der Waals surface area contributed by atoms with Gasteiger partial charge in [-0.05, 0) is 35.9 Å². The lowest BCUT2D eigenvalue weighted by Gasteiger charge is -2.13. The highest BCUT2D eigenvalue weighted by molar-refractivity contribution is 8.13. The van der Waals surface area contributed by atoms with Gasteiger partial charge in [0.05, 0.1) is 11.4 Å². The molecule has 0 aliphatic carbocycles. The number of fused-ring (bicyclic) bond motifs is 1. The Hall–Kier alpha value is -3.13. The lowest BCUT2D eigenvalue weighted by molar-refractivity contribution is 0.588. The van der Waals surface area contributed by atoms with Crippen molar-refractivity contribution < 1.29 is 4.39 Å². The van der Waals surface area contributed by atoms with Gasteiger partial charge in [0.15, 0.2) is 16.5 Å². The number of benzene rings is 1. The summed E-state index contributed by atoms with van der Waals surface area (Å²) in [5.41, 5.74) is 0.899. The third kappa shape index (κ3) is 4.01. The summed E-state index contributed by atoms with van der Waals surface area (Å²) in [5, 5.41) is 24.7. The van der Waals surface area contributed by atoms with Gasteiger partial charge in [-0.25, -0.2) is 4.39 Å². The van der Waals surface area contributed by atoms with Crippen molar-refractivity contribution in [2.24, 2.45) is 4.99 Å². The molecule has 0 bridgehead atoms. The second-order valence-electron chi connectivity index (χ2n) is 5.70. The maximum atomic E-state index is 14.2. The van der Waals surface area contributed by atoms with Crippen LogP contribution < -0.4 is 5.49 Å². The maximum Gasteiger partial charge on any atom is 0.171 e. The number of thioether (sulfide) groups is 1. The lowest BCUT2D eigenvalue weighted by Crippen LogP contribution is -2.28. The van der Waals surface area contributed by atoms with E-state index in [1.807, 2.05) is 30.3 Å². The molecule has 0 amide bonds. The van der Waals surface area contributed by atoms with Crippen LogP contribution in [-0.4, -0.2) is 34.2 Å². The van der Waals surface area contributed by atoms with Crippen molar-refractivity contribution in [1.82, 2.24) is 9.55 Å². The third-order valence-electron chi connectivity index (χ3n) is 3.92. The molecule has 2 aromatic heterocycles. The number of pyridine rings is 2. The Bertz CT molecular complexity index is 1100. The normalized spacial score (nSPS) is 12.4. The predicted octanol–water partition coefficient (Wildman–Crippen LogP) is 3.66. The maximum absolute atomic E-state index is 14.2. The molecular weight excluding hydrogens is 363 g/mol. The monoisotopic (exact) mass is 380 g/mol. The van der Waals surface area contributed by atoms with Crippen molar-refractivity contribution in [1.29, 1.82) is 16.2 Å². The van der Waals surface area contributed by atoms with E-state index in [4.69, 9.17) is 16.2 Å². The van der Waals surface area contributed by atoms with Gasteiger partial charge in [-0.15, -0.1) is 0 Å². The van der Waals surface area contributed by atoms with Gasteiger partial charge in [0.1, 0.15) is 0 Å². The fraction of sp³-hybridized carbons (Fsp3) is 0.105. The van der Waals surface area contributed by atoms with Crippen molar-refractivity contribution in [2.45, 2.75) is 10.8 Å². The Morgan fingerprint density at radius 3 is 2.89 bits per heavy atom. The van der Waals surface area contributed by atoms with Crippen molar-refractivity contribution in [2.75, 3.05) is 7.05 Å². The zero-order chi connectivity index (χ0) is 19.4. The number of nitrogens with zero attached hydrogens (tertiary/aromatic N) is 3. The molecule has 3 rings (SSSR count). The summed E-state index contributed by atoms with van der Waals surface area (Å²) in [7, 11) is 1.58. The summed E-state index contributed by atoms with van der Waals surface area (Å²) in [5.74, 6) is -1.27. The number of hydrogen-bond acceptors (Lipinski definition) is 6. The minimum absolute atomic E-state index is 0.0128. The molecule has 0 spiro atoms. The van der Waals surface area contributed by atoms with Gasteiger partial charge in [-0.1, -0.05) is 17.8 Å². The van der Waals surface area contributed by atoms with Crippen LogP contribution in [-0.2, 0) is 0 Å². The van der Waals surface area contributed by atoms with E-state index in [0.717, 1.165) is 33.8 Å². The van der Waals surface area contributed by atoms with Gasteiger partial charge in [-0.2, -0.15) is 0 Å². The first kappa shape index (κ1) is 18.7. The summed E-state index contributed by atoms with van der Waals surface area (Å²) in [4.78, 5) is 8.94. The van der Waals surface area contributed by atoms with Crippen LogP contribution in [0.1, 0.15) is 11.5 Å². The molecule has 3 aromatic rings. The Balaban J connectivity index is 1.96. The second kappa shape index (κ2) is 8.05. The van der Waals surface area contributed by atoms with Crippen LogP contribution in [0, 0.1) is 22.0 Å². The molecule has 136 valence electrons. The minimum atomic E-state index is -0.753. The number of aromatic nitrogens is 2. The summed E-state index contributed by atoms with van der Waals surface area (Å²) >= 11 is 1.12. The van der Waals surface area contributed by atoms with Crippen LogP contribution in [0.5, 0.6) is 0 Å².